The highest BCUT2D eigenvalue weighted by Crippen LogP contribution is 2.30. The molecule has 6 nitrogen and oxygen atoms in total. The van der Waals surface area contributed by atoms with E-state index >= 15 is 0 Å². The van der Waals surface area contributed by atoms with Crippen LogP contribution in [0.15, 0.2) is 30.5 Å². The van der Waals surface area contributed by atoms with Crippen molar-refractivity contribution in [2.45, 2.75) is 58.0 Å². The molecule has 0 aliphatic carbocycles. The van der Waals surface area contributed by atoms with Gasteiger partial charge in [0.15, 0.2) is 8.32 Å². The van der Waals surface area contributed by atoms with E-state index in [4.69, 9.17) is 9.16 Å². The van der Waals surface area contributed by atoms with E-state index in [-0.39, 0.29) is 23.3 Å². The zero-order valence-electron chi connectivity index (χ0n) is 19.3. The van der Waals surface area contributed by atoms with Gasteiger partial charge in [-0.1, -0.05) is 6.07 Å². The third kappa shape index (κ3) is 6.98. The second-order valence-corrected chi connectivity index (χ2v) is 13.4. The highest BCUT2D eigenvalue weighted by molar-refractivity contribution is 6.69. The van der Waals surface area contributed by atoms with E-state index in [1.165, 1.54) is 38.1 Å². The second-order valence-electron chi connectivity index (χ2n) is 8.89. The van der Waals surface area contributed by atoms with E-state index in [0.29, 0.717) is 9.47 Å². The number of hydrogen-bond acceptors (Lipinski definition) is 4. The molecule has 0 saturated heterocycles. The van der Waals surface area contributed by atoms with Crippen LogP contribution < -0.4 is 4.74 Å². The van der Waals surface area contributed by atoms with Gasteiger partial charge in [0.2, 0.25) is 0 Å². The fourth-order valence-corrected chi connectivity index (χ4v) is 4.44. The van der Waals surface area contributed by atoms with Crippen molar-refractivity contribution in [3.63, 3.8) is 0 Å². The molecule has 1 aromatic carbocycles. The largest absolute Gasteiger partial charge is 0.490 e. The molecule has 0 radical (unpaired) electrons. The lowest BCUT2D eigenvalue weighted by Crippen LogP contribution is -2.51. The molecule has 190 valence electrons. The molecule has 13 heteroatoms. The van der Waals surface area contributed by atoms with Gasteiger partial charge >= 0.3 is 24.2 Å². The number of halogens is 6. The van der Waals surface area contributed by atoms with Gasteiger partial charge < -0.3 is 14.1 Å². The fourth-order valence-electron chi connectivity index (χ4n) is 3.30. The van der Waals surface area contributed by atoms with Gasteiger partial charge in [-0.3, -0.25) is 14.2 Å². The van der Waals surface area contributed by atoms with E-state index in [1.54, 1.807) is 0 Å². The zero-order chi connectivity index (χ0) is 26.1. The van der Waals surface area contributed by atoms with Gasteiger partial charge in [0.1, 0.15) is 12.4 Å². The topological polar surface area (TPSA) is 60.8 Å². The molecule has 34 heavy (non-hydrogen) atoms. The lowest BCUT2D eigenvalue weighted by atomic mass is 10.2. The van der Waals surface area contributed by atoms with Gasteiger partial charge in [-0.25, -0.2) is 0 Å². The summed E-state index contributed by atoms with van der Waals surface area (Å²) in [6.07, 6.45) is -10.1. The van der Waals surface area contributed by atoms with Crippen LogP contribution in [0.1, 0.15) is 18.6 Å². The number of ether oxygens (including phenoxy) is 1. The number of carbonyl (C=O) groups excluding carboxylic acids is 2. The SMILES string of the molecule is CC(C)N(CC(COc1cccc2c1ccn2C(=O)C(F)(F)F)O[Si](C)(C)C)C(=O)C(F)(F)F. The lowest BCUT2D eigenvalue weighted by Gasteiger charge is -2.34. The van der Waals surface area contributed by atoms with E-state index in [2.05, 4.69) is 0 Å². The molecular weight excluding hydrogens is 486 g/mol. The molecule has 1 unspecified atom stereocenters. The van der Waals surface area contributed by atoms with Crippen molar-refractivity contribution in [1.29, 1.82) is 0 Å². The number of amides is 1. The van der Waals surface area contributed by atoms with Crippen LogP contribution in [0.25, 0.3) is 10.9 Å². The summed E-state index contributed by atoms with van der Waals surface area (Å²) in [5, 5.41) is 0.207. The summed E-state index contributed by atoms with van der Waals surface area (Å²) in [5.74, 6) is -3.96. The van der Waals surface area contributed by atoms with Gasteiger partial charge in [0.25, 0.3) is 0 Å². The number of rotatable bonds is 8. The van der Waals surface area contributed by atoms with E-state index < -0.39 is 51.2 Å². The van der Waals surface area contributed by atoms with Crippen LogP contribution in [-0.2, 0) is 9.22 Å². The lowest BCUT2D eigenvalue weighted by molar-refractivity contribution is -0.188. The Kier molecular flexibility index (Phi) is 8.13. The molecule has 2 aromatic rings. The quantitative estimate of drug-likeness (QED) is 0.359. The Morgan fingerprint density at radius 3 is 2.15 bits per heavy atom. The van der Waals surface area contributed by atoms with Crippen LogP contribution in [0.5, 0.6) is 5.75 Å². The number of nitrogens with zero attached hydrogens (tertiary/aromatic N) is 2. The Balaban J connectivity index is 2.31. The minimum absolute atomic E-state index is 0.0430. The van der Waals surface area contributed by atoms with Crippen molar-refractivity contribution >= 4 is 31.0 Å². The first-order valence-electron chi connectivity index (χ1n) is 10.3. The average Bonchev–Trinajstić information content (AvgIpc) is 3.10. The van der Waals surface area contributed by atoms with Gasteiger partial charge in [-0.2, -0.15) is 26.3 Å². The van der Waals surface area contributed by atoms with Crippen LogP contribution >= 0.6 is 0 Å². The molecule has 0 aliphatic heterocycles. The zero-order valence-corrected chi connectivity index (χ0v) is 20.3. The minimum Gasteiger partial charge on any atom is -0.490 e. The molecule has 0 N–H and O–H groups in total. The van der Waals surface area contributed by atoms with Crippen LogP contribution in [0.2, 0.25) is 19.6 Å². The minimum atomic E-state index is -5.08. The first-order valence-corrected chi connectivity index (χ1v) is 13.7. The molecule has 2 rings (SSSR count). The van der Waals surface area contributed by atoms with E-state index in [9.17, 15) is 35.9 Å². The number of hydrogen-bond donors (Lipinski definition) is 0. The summed E-state index contributed by atoms with van der Waals surface area (Å²) in [4.78, 5) is 24.2. The Morgan fingerprint density at radius 2 is 1.65 bits per heavy atom. The number of carbonyl (C=O) groups is 2. The third-order valence-electron chi connectivity index (χ3n) is 4.63. The van der Waals surface area contributed by atoms with Gasteiger partial charge in [-0.05, 0) is 51.7 Å². The molecular formula is C21H26F6N2O4Si. The predicted molar refractivity (Wildman–Crippen MR) is 115 cm³/mol. The second kappa shape index (κ2) is 9.98. The highest BCUT2D eigenvalue weighted by Gasteiger charge is 2.44. The van der Waals surface area contributed by atoms with Crippen molar-refractivity contribution < 1.29 is 45.1 Å². The number of aromatic nitrogens is 1. The van der Waals surface area contributed by atoms with E-state index in [0.717, 1.165) is 6.20 Å². The maximum absolute atomic E-state index is 13.1. The molecule has 1 amide bonds. The normalized spacial score (nSPS) is 13.9. The summed E-state index contributed by atoms with van der Waals surface area (Å²) in [5.41, 5.74) is -0.0430. The monoisotopic (exact) mass is 512 g/mol. The maximum Gasteiger partial charge on any atom is 0.472 e. The summed E-state index contributed by atoms with van der Waals surface area (Å²) in [6.45, 7) is 7.66. The van der Waals surface area contributed by atoms with Gasteiger partial charge in [0.05, 0.1) is 11.6 Å². The molecule has 0 spiro atoms. The van der Waals surface area contributed by atoms with Crippen molar-refractivity contribution in [2.24, 2.45) is 0 Å². The summed E-state index contributed by atoms with van der Waals surface area (Å²) in [6, 6.07) is 4.66. The van der Waals surface area contributed by atoms with Crippen LogP contribution in [0.3, 0.4) is 0 Å². The smallest absolute Gasteiger partial charge is 0.472 e. The molecule has 1 atom stereocenters. The fraction of sp³-hybridized carbons (Fsp3) is 0.524. The van der Waals surface area contributed by atoms with Crippen LogP contribution in [-0.4, -0.2) is 67.2 Å². The number of benzene rings is 1. The highest BCUT2D eigenvalue weighted by atomic mass is 28.4. The summed E-state index contributed by atoms with van der Waals surface area (Å²) in [7, 11) is -2.30. The molecule has 1 heterocycles. The van der Waals surface area contributed by atoms with Crippen molar-refractivity contribution in [3.05, 3.63) is 30.5 Å². The molecule has 0 bridgehead atoms. The Bertz CT molecular complexity index is 1030. The molecule has 0 fully saturated rings. The molecule has 0 aliphatic rings. The molecule has 1 aromatic heterocycles. The summed E-state index contributed by atoms with van der Waals surface area (Å²) >= 11 is 0. The Labute approximate surface area is 193 Å². The van der Waals surface area contributed by atoms with Crippen LogP contribution in [0.4, 0.5) is 26.3 Å². The van der Waals surface area contributed by atoms with E-state index in [1.807, 2.05) is 19.6 Å². The Hall–Kier alpha value is -2.54. The van der Waals surface area contributed by atoms with Crippen molar-refractivity contribution in [2.75, 3.05) is 13.2 Å². The summed E-state index contributed by atoms with van der Waals surface area (Å²) < 4.78 is 89.9. The number of alkyl halides is 6. The predicted octanol–water partition coefficient (Wildman–Crippen LogP) is 5.24. The van der Waals surface area contributed by atoms with Crippen molar-refractivity contribution in [3.8, 4) is 5.75 Å². The van der Waals surface area contributed by atoms with Crippen molar-refractivity contribution in [1.82, 2.24) is 9.47 Å². The third-order valence-corrected chi connectivity index (χ3v) is 5.67. The van der Waals surface area contributed by atoms with Crippen LogP contribution in [0, 0.1) is 0 Å². The van der Waals surface area contributed by atoms with Gasteiger partial charge in [-0.15, -0.1) is 0 Å². The standard InChI is InChI=1S/C21H26F6N2O4Si/c1-13(2)29(19(31)21(25,26)27)11-14(33-34(3,4)5)12-32-17-8-6-7-16-15(17)9-10-28(16)18(30)20(22,23)24/h6-10,13-14H,11-12H2,1-5H3. The average molecular weight is 513 g/mol. The maximum atomic E-state index is 13.1. The number of fused-ring (bicyclic) bond motifs is 1. The first kappa shape index (κ1) is 27.7. The Morgan fingerprint density at radius 1 is 1.03 bits per heavy atom. The molecule has 0 saturated carbocycles. The first-order chi connectivity index (χ1) is 15.4. The van der Waals surface area contributed by atoms with Gasteiger partial charge in [0, 0.05) is 24.2 Å².